The number of aromatic nitrogens is 4. The van der Waals surface area contributed by atoms with Gasteiger partial charge in [-0.05, 0) is 30.3 Å². The number of esters is 2. The molecule has 0 aliphatic carbocycles. The largest absolute Gasteiger partial charge is 0.465 e. The average molecular weight is 515 g/mol. The molecule has 0 unspecified atom stereocenters. The molecule has 0 amide bonds. The van der Waals surface area contributed by atoms with E-state index in [1.165, 1.54) is 36.9 Å². The van der Waals surface area contributed by atoms with Gasteiger partial charge in [0.15, 0.2) is 0 Å². The van der Waals surface area contributed by atoms with Gasteiger partial charge < -0.3 is 9.47 Å². The van der Waals surface area contributed by atoms with E-state index >= 15 is 0 Å². The average Bonchev–Trinajstić information content (AvgIpc) is 3.63. The van der Waals surface area contributed by atoms with Crippen LogP contribution in [0.3, 0.4) is 0 Å². The number of nitrogens with zero attached hydrogens (tertiary/aromatic N) is 4. The number of carbonyl (C=O) groups excluding carboxylic acids is 2. The fraction of sp³-hybridized carbons (Fsp3) is 0.0769. The molecule has 5 rings (SSSR count). The Morgan fingerprint density at radius 2 is 0.917 bits per heavy atom. The van der Waals surface area contributed by atoms with E-state index in [0.717, 1.165) is 42.3 Å². The summed E-state index contributed by atoms with van der Waals surface area (Å²) < 4.78 is 9.49. The molecule has 36 heavy (non-hydrogen) atoms. The van der Waals surface area contributed by atoms with Gasteiger partial charge in [-0.25, -0.2) is 9.59 Å². The molecular formula is C26H18N4O4S2. The molecule has 0 spiro atoms. The Hall–Kier alpha value is -4.28. The number of carbonyl (C=O) groups is 2. The van der Waals surface area contributed by atoms with Gasteiger partial charge in [-0.1, -0.05) is 65.1 Å². The molecule has 0 aliphatic rings. The van der Waals surface area contributed by atoms with Gasteiger partial charge in [-0.15, -0.1) is 20.4 Å². The zero-order valence-electron chi connectivity index (χ0n) is 19.2. The minimum absolute atomic E-state index is 0.380. The molecule has 8 nitrogen and oxygen atoms in total. The smallest absolute Gasteiger partial charge is 0.337 e. The molecular weight excluding hydrogens is 496 g/mol. The van der Waals surface area contributed by atoms with Crippen LogP contribution in [0.15, 0.2) is 72.8 Å². The van der Waals surface area contributed by atoms with Gasteiger partial charge in [0.25, 0.3) is 0 Å². The highest BCUT2D eigenvalue weighted by molar-refractivity contribution is 7.18. The van der Waals surface area contributed by atoms with Crippen LogP contribution in [-0.4, -0.2) is 46.6 Å². The quantitative estimate of drug-likeness (QED) is 0.269. The molecule has 2 aromatic heterocycles. The Morgan fingerprint density at radius 3 is 1.28 bits per heavy atom. The summed E-state index contributed by atoms with van der Waals surface area (Å²) in [6, 6.07) is 22.0. The summed E-state index contributed by atoms with van der Waals surface area (Å²) in [7, 11) is 2.71. The summed E-state index contributed by atoms with van der Waals surface area (Å²) in [5, 5.41) is 20.4. The maximum Gasteiger partial charge on any atom is 0.337 e. The van der Waals surface area contributed by atoms with E-state index in [9.17, 15) is 9.59 Å². The van der Waals surface area contributed by atoms with Crippen LogP contribution < -0.4 is 0 Å². The molecule has 2 heterocycles. The number of hydrogen-bond donors (Lipinski definition) is 0. The van der Waals surface area contributed by atoms with E-state index < -0.39 is 0 Å². The van der Waals surface area contributed by atoms with Crippen LogP contribution in [0.1, 0.15) is 20.7 Å². The topological polar surface area (TPSA) is 104 Å². The number of benzene rings is 3. The molecule has 0 aliphatic heterocycles. The SMILES string of the molecule is COC(=O)c1ccc(-c2nnc(-c3cccc(-c4nnc(-c5ccc(C(=O)OC)cc5)s4)c3)s2)cc1. The van der Waals surface area contributed by atoms with E-state index in [1.807, 2.05) is 48.5 Å². The highest BCUT2D eigenvalue weighted by Crippen LogP contribution is 2.34. The summed E-state index contributed by atoms with van der Waals surface area (Å²) in [4.78, 5) is 23.3. The zero-order valence-corrected chi connectivity index (χ0v) is 20.8. The third kappa shape index (κ3) is 4.77. The fourth-order valence-electron chi connectivity index (χ4n) is 3.43. The van der Waals surface area contributed by atoms with Crippen molar-refractivity contribution in [2.45, 2.75) is 0 Å². The lowest BCUT2D eigenvalue weighted by Crippen LogP contribution is -2.00. The Kier molecular flexibility index (Phi) is 6.61. The predicted molar refractivity (Wildman–Crippen MR) is 138 cm³/mol. The lowest BCUT2D eigenvalue weighted by molar-refractivity contribution is 0.0592. The van der Waals surface area contributed by atoms with Crippen molar-refractivity contribution in [3.8, 4) is 42.3 Å². The van der Waals surface area contributed by atoms with Crippen molar-refractivity contribution in [3.63, 3.8) is 0 Å². The van der Waals surface area contributed by atoms with E-state index in [-0.39, 0.29) is 11.9 Å². The Balaban J connectivity index is 1.37. The van der Waals surface area contributed by atoms with Crippen LogP contribution >= 0.6 is 22.7 Å². The van der Waals surface area contributed by atoms with Crippen molar-refractivity contribution >= 4 is 34.6 Å². The van der Waals surface area contributed by atoms with Crippen LogP contribution in [0, 0.1) is 0 Å². The zero-order chi connectivity index (χ0) is 25.1. The predicted octanol–water partition coefficient (Wildman–Crippen LogP) is 5.63. The summed E-state index contributed by atoms with van der Waals surface area (Å²) in [5.41, 5.74) is 4.54. The van der Waals surface area contributed by atoms with E-state index in [1.54, 1.807) is 24.3 Å². The lowest BCUT2D eigenvalue weighted by Gasteiger charge is -2.00. The summed E-state index contributed by atoms with van der Waals surface area (Å²) in [5.74, 6) is -0.760. The first-order chi connectivity index (χ1) is 17.6. The molecule has 0 bridgehead atoms. The first-order valence-electron chi connectivity index (χ1n) is 10.7. The third-order valence-corrected chi connectivity index (χ3v) is 7.36. The van der Waals surface area contributed by atoms with Crippen molar-refractivity contribution < 1.29 is 19.1 Å². The number of rotatable bonds is 6. The van der Waals surface area contributed by atoms with Crippen molar-refractivity contribution in [2.24, 2.45) is 0 Å². The van der Waals surface area contributed by atoms with Gasteiger partial charge in [-0.2, -0.15) is 0 Å². The van der Waals surface area contributed by atoms with Crippen LogP contribution in [0.2, 0.25) is 0 Å². The molecule has 0 saturated heterocycles. The molecule has 5 aromatic rings. The van der Waals surface area contributed by atoms with Gasteiger partial charge in [0.1, 0.15) is 20.0 Å². The molecule has 0 radical (unpaired) electrons. The van der Waals surface area contributed by atoms with Gasteiger partial charge in [0.05, 0.1) is 25.3 Å². The van der Waals surface area contributed by atoms with Crippen LogP contribution in [0.5, 0.6) is 0 Å². The van der Waals surface area contributed by atoms with Crippen LogP contribution in [0.25, 0.3) is 42.3 Å². The van der Waals surface area contributed by atoms with Gasteiger partial charge in [-0.3, -0.25) is 0 Å². The molecule has 10 heteroatoms. The normalized spacial score (nSPS) is 10.7. The maximum atomic E-state index is 11.7. The lowest BCUT2D eigenvalue weighted by atomic mass is 10.1. The summed E-state index contributed by atoms with van der Waals surface area (Å²) in [6.45, 7) is 0. The van der Waals surface area contributed by atoms with E-state index in [0.29, 0.717) is 11.1 Å². The van der Waals surface area contributed by atoms with E-state index in [4.69, 9.17) is 9.47 Å². The highest BCUT2D eigenvalue weighted by Gasteiger charge is 2.14. The van der Waals surface area contributed by atoms with Crippen molar-refractivity contribution in [3.05, 3.63) is 83.9 Å². The maximum absolute atomic E-state index is 11.7. The van der Waals surface area contributed by atoms with E-state index in [2.05, 4.69) is 20.4 Å². The Bertz CT molecular complexity index is 1430. The first kappa shape index (κ1) is 23.5. The minimum atomic E-state index is -0.380. The summed E-state index contributed by atoms with van der Waals surface area (Å²) in [6.07, 6.45) is 0. The molecule has 0 saturated carbocycles. The second-order valence-corrected chi connectivity index (χ2v) is 9.50. The van der Waals surface area contributed by atoms with Gasteiger partial charge in [0, 0.05) is 22.3 Å². The van der Waals surface area contributed by atoms with Crippen LogP contribution in [0.4, 0.5) is 0 Å². The first-order valence-corrected chi connectivity index (χ1v) is 12.3. The standard InChI is InChI=1S/C26H18N4O4S2/c1-33-25(31)17-10-6-15(7-11-17)21-27-29-23(35-21)19-4-3-5-20(14-19)24-30-28-22(36-24)16-8-12-18(13-9-16)26(32)34-2/h3-14H,1-2H3. The molecule has 178 valence electrons. The Morgan fingerprint density at radius 1 is 0.556 bits per heavy atom. The van der Waals surface area contributed by atoms with Gasteiger partial charge in [0.2, 0.25) is 0 Å². The van der Waals surface area contributed by atoms with Crippen LogP contribution in [-0.2, 0) is 9.47 Å². The van der Waals surface area contributed by atoms with Gasteiger partial charge >= 0.3 is 11.9 Å². The second-order valence-electron chi connectivity index (χ2n) is 7.54. The number of hydrogen-bond acceptors (Lipinski definition) is 10. The highest BCUT2D eigenvalue weighted by atomic mass is 32.1. The van der Waals surface area contributed by atoms with Crippen molar-refractivity contribution in [1.82, 2.24) is 20.4 Å². The third-order valence-electron chi connectivity index (χ3n) is 5.31. The fourth-order valence-corrected chi connectivity index (χ4v) is 5.12. The molecule has 3 aromatic carbocycles. The molecule has 0 fully saturated rings. The second kappa shape index (κ2) is 10.1. The number of ether oxygens (including phenoxy) is 2. The van der Waals surface area contributed by atoms with Crippen molar-refractivity contribution in [1.29, 1.82) is 0 Å². The molecule has 0 N–H and O–H groups in total. The number of methoxy groups -OCH3 is 2. The minimum Gasteiger partial charge on any atom is -0.465 e. The monoisotopic (exact) mass is 514 g/mol. The van der Waals surface area contributed by atoms with Crippen molar-refractivity contribution in [2.75, 3.05) is 14.2 Å². The summed E-state index contributed by atoms with van der Waals surface area (Å²) >= 11 is 2.92. The molecule has 0 atom stereocenters. The Labute approximate surface area is 214 Å².